The fourth-order valence-corrected chi connectivity index (χ4v) is 1.37. The van der Waals surface area contributed by atoms with Crippen LogP contribution in [0.1, 0.15) is 6.42 Å². The van der Waals surface area contributed by atoms with Crippen LogP contribution in [0, 0.1) is 0 Å². The van der Waals surface area contributed by atoms with Crippen molar-refractivity contribution in [2.45, 2.75) is 11.2 Å². The van der Waals surface area contributed by atoms with E-state index in [4.69, 9.17) is 0 Å². The number of esters is 1. The van der Waals surface area contributed by atoms with Gasteiger partial charge >= 0.3 is 5.97 Å². The average Bonchev–Trinajstić information content (AvgIpc) is 2.34. The van der Waals surface area contributed by atoms with Crippen molar-refractivity contribution in [3.63, 3.8) is 0 Å². The maximum absolute atomic E-state index is 10.8. The molecule has 0 aromatic rings. The van der Waals surface area contributed by atoms with Crippen LogP contribution < -0.4 is 0 Å². The third-order valence-corrected chi connectivity index (χ3v) is 2.25. The number of carbonyl (C=O) groups is 1. The van der Waals surface area contributed by atoms with Gasteiger partial charge < -0.3 is 4.74 Å². The van der Waals surface area contributed by atoms with E-state index in [0.717, 1.165) is 13.0 Å². The molecular formula is C6H8BrNO2. The molecular weight excluding hydrogens is 198 g/mol. The number of ether oxygens (including phenoxy) is 1. The Morgan fingerprint density at radius 2 is 2.60 bits per heavy atom. The molecule has 0 amide bonds. The van der Waals surface area contributed by atoms with Gasteiger partial charge in [-0.3, -0.25) is 4.99 Å². The Bertz CT molecular complexity index is 179. The molecule has 0 saturated carbocycles. The number of alkyl halides is 1. The van der Waals surface area contributed by atoms with E-state index < -0.39 is 0 Å². The van der Waals surface area contributed by atoms with E-state index >= 15 is 0 Å². The van der Waals surface area contributed by atoms with Crippen molar-refractivity contribution in [3.8, 4) is 0 Å². The fraction of sp³-hybridized carbons (Fsp3) is 0.667. The van der Waals surface area contributed by atoms with E-state index in [1.54, 1.807) is 0 Å². The maximum Gasteiger partial charge on any atom is 0.353 e. The zero-order valence-corrected chi connectivity index (χ0v) is 7.22. The van der Waals surface area contributed by atoms with E-state index in [2.05, 4.69) is 25.7 Å². The number of hydrogen-bond acceptors (Lipinski definition) is 3. The summed E-state index contributed by atoms with van der Waals surface area (Å²) in [5.41, 5.74) is 0.516. The van der Waals surface area contributed by atoms with Gasteiger partial charge in [0.25, 0.3) is 0 Å². The molecule has 1 rings (SSSR count). The summed E-state index contributed by atoms with van der Waals surface area (Å²) < 4.78 is 4.50. The topological polar surface area (TPSA) is 38.7 Å². The zero-order chi connectivity index (χ0) is 7.56. The molecule has 1 unspecified atom stereocenters. The van der Waals surface area contributed by atoms with Crippen LogP contribution in [0.4, 0.5) is 0 Å². The normalized spacial score (nSPS) is 24.2. The molecule has 0 saturated heterocycles. The van der Waals surface area contributed by atoms with E-state index in [9.17, 15) is 4.79 Å². The van der Waals surface area contributed by atoms with Gasteiger partial charge in [-0.2, -0.15) is 0 Å². The monoisotopic (exact) mass is 205 g/mol. The van der Waals surface area contributed by atoms with Crippen LogP contribution in [0.15, 0.2) is 4.99 Å². The minimum absolute atomic E-state index is 0.0972. The van der Waals surface area contributed by atoms with Crippen molar-refractivity contribution in [1.82, 2.24) is 0 Å². The van der Waals surface area contributed by atoms with Gasteiger partial charge in [0.05, 0.1) is 11.9 Å². The van der Waals surface area contributed by atoms with Gasteiger partial charge in [0.1, 0.15) is 5.71 Å². The molecule has 0 radical (unpaired) electrons. The molecule has 0 bridgehead atoms. The smallest absolute Gasteiger partial charge is 0.353 e. The lowest BCUT2D eigenvalue weighted by Crippen LogP contribution is -2.21. The molecule has 1 heterocycles. The number of methoxy groups -OCH3 is 1. The SMILES string of the molecule is COC(=O)C1=NCCC1Br. The number of rotatable bonds is 1. The van der Waals surface area contributed by atoms with Crippen molar-refractivity contribution < 1.29 is 9.53 Å². The highest BCUT2D eigenvalue weighted by Gasteiger charge is 2.24. The van der Waals surface area contributed by atoms with Crippen LogP contribution >= 0.6 is 15.9 Å². The predicted molar refractivity (Wildman–Crippen MR) is 41.7 cm³/mol. The van der Waals surface area contributed by atoms with Crippen LogP contribution in [0.3, 0.4) is 0 Å². The lowest BCUT2D eigenvalue weighted by molar-refractivity contribution is -0.132. The van der Waals surface area contributed by atoms with Crippen LogP contribution in [0.25, 0.3) is 0 Å². The minimum atomic E-state index is -0.320. The van der Waals surface area contributed by atoms with Gasteiger partial charge in [-0.1, -0.05) is 15.9 Å². The molecule has 1 aliphatic heterocycles. The summed E-state index contributed by atoms with van der Waals surface area (Å²) in [5, 5.41) is 0. The average molecular weight is 206 g/mol. The minimum Gasteiger partial charge on any atom is -0.465 e. The predicted octanol–water partition coefficient (Wildman–Crippen LogP) is 0.768. The number of hydrogen-bond donors (Lipinski definition) is 0. The van der Waals surface area contributed by atoms with Gasteiger partial charge in [0, 0.05) is 6.54 Å². The number of aliphatic imine (C=N–C) groups is 1. The molecule has 56 valence electrons. The van der Waals surface area contributed by atoms with Crippen molar-refractivity contribution in [2.75, 3.05) is 13.7 Å². The summed E-state index contributed by atoms with van der Waals surface area (Å²) in [4.78, 5) is 14.9. The second-order valence-electron chi connectivity index (χ2n) is 2.01. The van der Waals surface area contributed by atoms with E-state index in [1.165, 1.54) is 7.11 Å². The van der Waals surface area contributed by atoms with Crippen molar-refractivity contribution in [3.05, 3.63) is 0 Å². The molecule has 0 aromatic carbocycles. The Morgan fingerprint density at radius 1 is 1.90 bits per heavy atom. The molecule has 1 atom stereocenters. The molecule has 0 aromatic heterocycles. The Balaban J connectivity index is 2.63. The first kappa shape index (κ1) is 7.72. The molecule has 4 heteroatoms. The van der Waals surface area contributed by atoms with E-state index in [-0.39, 0.29) is 10.8 Å². The highest BCUT2D eigenvalue weighted by Crippen LogP contribution is 2.15. The summed E-state index contributed by atoms with van der Waals surface area (Å²) in [6.07, 6.45) is 0.893. The molecule has 0 N–H and O–H groups in total. The Labute approximate surface area is 67.6 Å². The summed E-state index contributed by atoms with van der Waals surface area (Å²) in [5.74, 6) is -0.320. The number of halogens is 1. The Hall–Kier alpha value is -0.380. The number of carbonyl (C=O) groups excluding carboxylic acids is 1. The van der Waals surface area contributed by atoms with Crippen LogP contribution in [-0.2, 0) is 9.53 Å². The van der Waals surface area contributed by atoms with Gasteiger partial charge in [-0.05, 0) is 6.42 Å². The van der Waals surface area contributed by atoms with Gasteiger partial charge in [0.2, 0.25) is 0 Å². The van der Waals surface area contributed by atoms with Crippen LogP contribution in [-0.4, -0.2) is 30.2 Å². The summed E-state index contributed by atoms with van der Waals surface area (Å²) in [6, 6.07) is 0. The van der Waals surface area contributed by atoms with Crippen LogP contribution in [0.2, 0.25) is 0 Å². The van der Waals surface area contributed by atoms with Crippen LogP contribution in [0.5, 0.6) is 0 Å². The fourth-order valence-electron chi connectivity index (χ4n) is 0.831. The first-order valence-electron chi connectivity index (χ1n) is 3.02. The third-order valence-electron chi connectivity index (χ3n) is 1.36. The van der Waals surface area contributed by atoms with Crippen molar-refractivity contribution >= 4 is 27.6 Å². The standard InChI is InChI=1S/C6H8BrNO2/c1-10-6(9)5-4(7)2-3-8-5/h4H,2-3H2,1H3. The summed E-state index contributed by atoms with van der Waals surface area (Å²) in [7, 11) is 1.36. The molecule has 0 spiro atoms. The van der Waals surface area contributed by atoms with Gasteiger partial charge in [-0.15, -0.1) is 0 Å². The summed E-state index contributed by atoms with van der Waals surface area (Å²) >= 11 is 3.31. The molecule has 0 aliphatic carbocycles. The number of nitrogens with zero attached hydrogens (tertiary/aromatic N) is 1. The zero-order valence-electron chi connectivity index (χ0n) is 5.63. The van der Waals surface area contributed by atoms with E-state index in [1.807, 2.05) is 0 Å². The van der Waals surface area contributed by atoms with Crippen molar-refractivity contribution in [1.29, 1.82) is 0 Å². The highest BCUT2D eigenvalue weighted by atomic mass is 79.9. The van der Waals surface area contributed by atoms with Crippen molar-refractivity contribution in [2.24, 2.45) is 4.99 Å². The van der Waals surface area contributed by atoms with Gasteiger partial charge in [0.15, 0.2) is 0 Å². The second kappa shape index (κ2) is 3.14. The molecule has 3 nitrogen and oxygen atoms in total. The lowest BCUT2D eigenvalue weighted by atomic mass is 10.2. The molecule has 10 heavy (non-hydrogen) atoms. The molecule has 0 fully saturated rings. The lowest BCUT2D eigenvalue weighted by Gasteiger charge is -2.00. The summed E-state index contributed by atoms with van der Waals surface area (Å²) in [6.45, 7) is 0.723. The first-order chi connectivity index (χ1) is 4.75. The second-order valence-corrected chi connectivity index (χ2v) is 3.12. The van der Waals surface area contributed by atoms with Gasteiger partial charge in [-0.25, -0.2) is 4.79 Å². The maximum atomic E-state index is 10.8. The molecule has 1 aliphatic rings. The largest absolute Gasteiger partial charge is 0.465 e. The third kappa shape index (κ3) is 1.37. The Morgan fingerprint density at radius 3 is 3.00 bits per heavy atom. The highest BCUT2D eigenvalue weighted by molar-refractivity contribution is 9.10. The first-order valence-corrected chi connectivity index (χ1v) is 3.94. The Kier molecular flexibility index (Phi) is 2.43. The van der Waals surface area contributed by atoms with E-state index in [0.29, 0.717) is 5.71 Å². The quantitative estimate of drug-likeness (QED) is 0.469.